The first-order chi connectivity index (χ1) is 11.6. The van der Waals surface area contributed by atoms with Crippen LogP contribution < -0.4 is 10.6 Å². The topological polar surface area (TPSA) is 78.4 Å². The number of rotatable bonds is 7. The van der Waals surface area contributed by atoms with E-state index >= 15 is 0 Å². The average Bonchev–Trinajstić information content (AvgIpc) is 2.60. The summed E-state index contributed by atoms with van der Waals surface area (Å²) in [5.41, 5.74) is 1.35. The van der Waals surface area contributed by atoms with Gasteiger partial charge in [0.15, 0.2) is 0 Å². The lowest BCUT2D eigenvalue weighted by Crippen LogP contribution is -2.48. The van der Waals surface area contributed by atoms with E-state index in [1.807, 2.05) is 30.3 Å². The van der Waals surface area contributed by atoms with Crippen LogP contribution in [-0.4, -0.2) is 36.1 Å². The van der Waals surface area contributed by atoms with Crippen LogP contribution in [0.5, 0.6) is 0 Å². The van der Waals surface area contributed by atoms with Crippen LogP contribution in [0.15, 0.2) is 54.6 Å². The molecule has 2 amide bonds. The lowest BCUT2D eigenvalue weighted by molar-refractivity contribution is -0.123. The third-order valence-electron chi connectivity index (χ3n) is 3.42. The van der Waals surface area contributed by atoms with E-state index in [9.17, 15) is 9.59 Å². The monoisotopic (exact) mass is 346 g/mol. The fourth-order valence-electron chi connectivity index (χ4n) is 2.20. The van der Waals surface area contributed by atoms with Gasteiger partial charge in [-0.1, -0.05) is 41.9 Å². The van der Waals surface area contributed by atoms with Crippen LogP contribution >= 0.6 is 11.6 Å². The van der Waals surface area contributed by atoms with Crippen LogP contribution in [0.2, 0.25) is 5.02 Å². The van der Waals surface area contributed by atoms with Gasteiger partial charge in [0.25, 0.3) is 5.91 Å². The van der Waals surface area contributed by atoms with E-state index < -0.39 is 6.04 Å². The first kappa shape index (κ1) is 18.0. The Hall–Kier alpha value is -2.37. The largest absolute Gasteiger partial charge is 0.395 e. The Morgan fingerprint density at radius 1 is 1.04 bits per heavy atom. The van der Waals surface area contributed by atoms with Gasteiger partial charge in [-0.05, 0) is 29.8 Å². The summed E-state index contributed by atoms with van der Waals surface area (Å²) in [5.74, 6) is -0.693. The molecule has 0 fully saturated rings. The number of hydrogen-bond acceptors (Lipinski definition) is 3. The Kier molecular flexibility index (Phi) is 6.78. The van der Waals surface area contributed by atoms with Gasteiger partial charge in [0.2, 0.25) is 5.91 Å². The highest BCUT2D eigenvalue weighted by Gasteiger charge is 2.21. The first-order valence-electron chi connectivity index (χ1n) is 7.59. The van der Waals surface area contributed by atoms with Crippen molar-refractivity contribution in [3.05, 3.63) is 70.7 Å². The Labute approximate surface area is 145 Å². The number of nitrogens with one attached hydrogen (secondary N) is 2. The highest BCUT2D eigenvalue weighted by atomic mass is 35.5. The molecule has 5 nitrogen and oxygen atoms in total. The Morgan fingerprint density at radius 2 is 1.71 bits per heavy atom. The van der Waals surface area contributed by atoms with Crippen molar-refractivity contribution in [1.82, 2.24) is 10.6 Å². The third-order valence-corrected chi connectivity index (χ3v) is 3.67. The second-order valence-corrected chi connectivity index (χ2v) is 5.67. The Bertz CT molecular complexity index is 674. The minimum absolute atomic E-state index is 0.140. The van der Waals surface area contributed by atoms with Crippen molar-refractivity contribution in [3.63, 3.8) is 0 Å². The van der Waals surface area contributed by atoms with Gasteiger partial charge in [0.1, 0.15) is 6.04 Å². The summed E-state index contributed by atoms with van der Waals surface area (Å²) in [6.07, 6.45) is 0.359. The molecule has 0 aliphatic heterocycles. The normalized spacial score (nSPS) is 11.6. The van der Waals surface area contributed by atoms with Gasteiger partial charge >= 0.3 is 0 Å². The second kappa shape index (κ2) is 9.05. The van der Waals surface area contributed by atoms with Crippen LogP contribution in [0.25, 0.3) is 0 Å². The maximum absolute atomic E-state index is 12.4. The molecular formula is C18H19ClN2O3. The molecule has 0 radical (unpaired) electrons. The number of aliphatic hydroxyl groups excluding tert-OH is 1. The van der Waals surface area contributed by atoms with E-state index in [0.29, 0.717) is 17.0 Å². The molecule has 0 spiro atoms. The van der Waals surface area contributed by atoms with Gasteiger partial charge in [-0.2, -0.15) is 0 Å². The zero-order valence-corrected chi connectivity index (χ0v) is 13.8. The van der Waals surface area contributed by atoms with Crippen molar-refractivity contribution in [2.45, 2.75) is 12.5 Å². The van der Waals surface area contributed by atoms with Crippen LogP contribution in [0.3, 0.4) is 0 Å². The predicted octanol–water partition coefficient (Wildman–Crippen LogP) is 1.79. The van der Waals surface area contributed by atoms with E-state index in [1.54, 1.807) is 24.3 Å². The number of carbonyl (C=O) groups is 2. The van der Waals surface area contributed by atoms with Crippen molar-refractivity contribution >= 4 is 23.4 Å². The van der Waals surface area contributed by atoms with Gasteiger partial charge in [-0.15, -0.1) is 0 Å². The average molecular weight is 347 g/mol. The lowest BCUT2D eigenvalue weighted by atomic mass is 10.0. The number of benzene rings is 2. The maximum atomic E-state index is 12.4. The summed E-state index contributed by atoms with van der Waals surface area (Å²) in [6.45, 7) is -0.0180. The first-order valence-corrected chi connectivity index (χ1v) is 7.97. The molecule has 0 aliphatic carbocycles. The van der Waals surface area contributed by atoms with Crippen molar-refractivity contribution in [2.75, 3.05) is 13.2 Å². The summed E-state index contributed by atoms with van der Waals surface area (Å²) in [6, 6.07) is 15.1. The highest BCUT2D eigenvalue weighted by molar-refractivity contribution is 6.30. The van der Waals surface area contributed by atoms with Crippen molar-refractivity contribution < 1.29 is 14.7 Å². The molecule has 0 aromatic heterocycles. The molecular weight excluding hydrogens is 328 g/mol. The van der Waals surface area contributed by atoms with Gasteiger partial charge in [-0.3, -0.25) is 9.59 Å². The fraction of sp³-hybridized carbons (Fsp3) is 0.222. The maximum Gasteiger partial charge on any atom is 0.251 e. The summed E-state index contributed by atoms with van der Waals surface area (Å²) >= 11 is 5.82. The molecule has 0 bridgehead atoms. The van der Waals surface area contributed by atoms with Crippen molar-refractivity contribution in [3.8, 4) is 0 Å². The summed E-state index contributed by atoms with van der Waals surface area (Å²) < 4.78 is 0. The van der Waals surface area contributed by atoms with Crippen LogP contribution in [0.4, 0.5) is 0 Å². The predicted molar refractivity (Wildman–Crippen MR) is 92.9 cm³/mol. The zero-order chi connectivity index (χ0) is 17.4. The third kappa shape index (κ3) is 5.37. The van der Waals surface area contributed by atoms with Crippen LogP contribution in [0, 0.1) is 0 Å². The molecule has 24 heavy (non-hydrogen) atoms. The summed E-state index contributed by atoms with van der Waals surface area (Å²) in [7, 11) is 0. The Balaban J connectivity index is 2.10. The number of aliphatic hydroxyl groups is 1. The zero-order valence-electron chi connectivity index (χ0n) is 13.0. The van der Waals surface area contributed by atoms with Gasteiger partial charge in [0, 0.05) is 23.6 Å². The van der Waals surface area contributed by atoms with E-state index in [2.05, 4.69) is 10.6 Å². The fourth-order valence-corrected chi connectivity index (χ4v) is 2.33. The number of hydrogen-bond donors (Lipinski definition) is 3. The minimum Gasteiger partial charge on any atom is -0.395 e. The minimum atomic E-state index is -0.734. The summed E-state index contributed by atoms with van der Waals surface area (Å²) in [4.78, 5) is 24.6. The molecule has 126 valence electrons. The molecule has 0 aliphatic rings. The van der Waals surface area contributed by atoms with Gasteiger partial charge in [0.05, 0.1) is 6.61 Å². The molecule has 6 heteroatoms. The van der Waals surface area contributed by atoms with Gasteiger partial charge < -0.3 is 15.7 Å². The number of amides is 2. The quantitative estimate of drug-likeness (QED) is 0.715. The molecule has 0 saturated carbocycles. The van der Waals surface area contributed by atoms with E-state index in [4.69, 9.17) is 16.7 Å². The van der Waals surface area contributed by atoms with E-state index in [-0.39, 0.29) is 25.0 Å². The molecule has 0 unspecified atom stereocenters. The second-order valence-electron chi connectivity index (χ2n) is 5.24. The lowest BCUT2D eigenvalue weighted by Gasteiger charge is -2.18. The van der Waals surface area contributed by atoms with Crippen molar-refractivity contribution in [1.29, 1.82) is 0 Å². The molecule has 2 aromatic rings. The van der Waals surface area contributed by atoms with E-state index in [1.165, 1.54) is 0 Å². The standard InChI is InChI=1S/C18H19ClN2O3/c19-15-8-6-14(7-9-15)17(23)21-16(18(24)20-10-11-22)12-13-4-2-1-3-5-13/h1-9,16,22H,10-12H2,(H,20,24)(H,21,23)/t16-/m0/s1. The van der Waals surface area contributed by atoms with Crippen molar-refractivity contribution in [2.24, 2.45) is 0 Å². The molecule has 2 rings (SSSR count). The Morgan fingerprint density at radius 3 is 2.33 bits per heavy atom. The molecule has 2 aromatic carbocycles. The number of carbonyl (C=O) groups excluding carboxylic acids is 2. The SMILES string of the molecule is O=C(N[C@@H](Cc1ccccc1)C(=O)NCCO)c1ccc(Cl)cc1. The smallest absolute Gasteiger partial charge is 0.251 e. The van der Waals surface area contributed by atoms with Crippen LogP contribution in [-0.2, 0) is 11.2 Å². The highest BCUT2D eigenvalue weighted by Crippen LogP contribution is 2.10. The van der Waals surface area contributed by atoms with E-state index in [0.717, 1.165) is 5.56 Å². The van der Waals surface area contributed by atoms with Gasteiger partial charge in [-0.25, -0.2) is 0 Å². The molecule has 3 N–H and O–H groups in total. The molecule has 0 heterocycles. The summed E-state index contributed by atoms with van der Waals surface area (Å²) in [5, 5.41) is 14.7. The molecule has 1 atom stereocenters. The van der Waals surface area contributed by atoms with Crippen LogP contribution in [0.1, 0.15) is 15.9 Å². The number of halogens is 1. The molecule has 0 saturated heterocycles.